The maximum Gasteiger partial charge on any atom is 0.325 e. The summed E-state index contributed by atoms with van der Waals surface area (Å²) in [5, 5.41) is 94.5. The van der Waals surface area contributed by atoms with Crippen LogP contribution in [0.25, 0.3) is 0 Å². The molecule has 1 rings (SSSR count). The van der Waals surface area contributed by atoms with Gasteiger partial charge in [0, 0.05) is 19.4 Å². The number of aliphatic hydroxyl groups is 5. The van der Waals surface area contributed by atoms with Gasteiger partial charge in [0.05, 0.1) is 45.0 Å². The summed E-state index contributed by atoms with van der Waals surface area (Å²) < 4.78 is 0. The van der Waals surface area contributed by atoms with Crippen LogP contribution in [0.2, 0.25) is 0 Å². The van der Waals surface area contributed by atoms with Gasteiger partial charge in [-0.3, -0.25) is 76.7 Å². The number of amides is 14. The van der Waals surface area contributed by atoms with E-state index < -0.39 is 250 Å². The van der Waals surface area contributed by atoms with Crippen molar-refractivity contribution >= 4 is 94.6 Å². The summed E-state index contributed by atoms with van der Waals surface area (Å²) in [7, 11) is 0. The Balaban J connectivity index is 3.36. The van der Waals surface area contributed by atoms with Gasteiger partial charge in [0.15, 0.2) is 0 Å². The zero-order chi connectivity index (χ0) is 71.3. The summed E-state index contributed by atoms with van der Waals surface area (Å²) in [6.45, 7) is 7.06. The zero-order valence-corrected chi connectivity index (χ0v) is 53.1. The van der Waals surface area contributed by atoms with E-state index >= 15 is 0 Å². The normalized spacial score (nSPS) is 17.4. The van der Waals surface area contributed by atoms with Crippen LogP contribution in [0.1, 0.15) is 113 Å². The fraction of sp³-hybridized carbons (Fsp3) is 0.709. The first-order chi connectivity index (χ1) is 43.4. The number of carbonyl (C=O) groups excluding carboxylic acids is 14. The van der Waals surface area contributed by atoms with Crippen LogP contribution in [0.4, 0.5) is 0 Å². The molecule has 526 valence electrons. The number of hydrogen-bond donors (Lipinski definition) is 21. The first-order valence-electron chi connectivity index (χ1n) is 29.9. The fourth-order valence-electron chi connectivity index (χ4n) is 9.02. The summed E-state index contributed by atoms with van der Waals surface area (Å²) in [5.74, 6) is -19.9. The Morgan fingerprint density at radius 1 is 0.484 bits per heavy atom. The Hall–Kier alpha value is -8.72. The highest BCUT2D eigenvalue weighted by Crippen LogP contribution is 2.20. The van der Waals surface area contributed by atoms with Crippen LogP contribution in [0, 0.1) is 17.8 Å². The van der Waals surface area contributed by atoms with Gasteiger partial charge in [-0.25, -0.2) is 0 Å². The Morgan fingerprint density at radius 3 is 1.30 bits per heavy atom. The van der Waals surface area contributed by atoms with E-state index in [4.69, 9.17) is 27.4 Å². The quantitative estimate of drug-likeness (QED) is 0.0270. The van der Waals surface area contributed by atoms with Crippen molar-refractivity contribution in [2.45, 2.75) is 198 Å². The summed E-state index contributed by atoms with van der Waals surface area (Å²) in [6, 6.07) is -21.6. The Bertz CT molecular complexity index is 2670. The van der Waals surface area contributed by atoms with Crippen LogP contribution in [-0.4, -0.2) is 253 Å². The van der Waals surface area contributed by atoms with Gasteiger partial charge in [-0.1, -0.05) is 48.0 Å². The van der Waals surface area contributed by atoms with Crippen molar-refractivity contribution in [3.63, 3.8) is 0 Å². The third kappa shape index (κ3) is 27.6. The number of carbonyl (C=O) groups is 16. The second kappa shape index (κ2) is 40.3. The van der Waals surface area contributed by atoms with E-state index in [2.05, 4.69) is 58.5 Å². The molecule has 38 heteroatoms. The number of carboxylic acids is 2. The third-order valence-electron chi connectivity index (χ3n) is 14.6. The lowest BCUT2D eigenvalue weighted by Gasteiger charge is -2.31. The number of nitrogens with two attached hydrogens (primary N) is 3. The molecule has 1 heterocycles. The Kier molecular flexibility index (Phi) is 35.7. The smallest absolute Gasteiger partial charge is 0.325 e. The summed E-state index contributed by atoms with van der Waals surface area (Å²) in [5.41, 5.74) is 16.4. The second-order valence-electron chi connectivity index (χ2n) is 23.1. The molecule has 0 bridgehead atoms. The molecule has 38 nitrogen and oxygen atoms in total. The van der Waals surface area contributed by atoms with Crippen molar-refractivity contribution < 1.29 is 112 Å². The van der Waals surface area contributed by atoms with Crippen molar-refractivity contribution in [1.82, 2.24) is 63.4 Å². The lowest BCUT2D eigenvalue weighted by molar-refractivity contribution is -0.143. The maximum absolute atomic E-state index is 14.1. The molecule has 0 aliphatic carbocycles. The number of hydrogen-bond acceptors (Lipinski definition) is 22. The molecule has 1 fully saturated rings. The van der Waals surface area contributed by atoms with E-state index in [0.717, 1.165) is 18.7 Å². The number of nitrogens with zero attached hydrogens (tertiary/aromatic N) is 1. The molecule has 24 N–H and O–H groups in total. The minimum absolute atomic E-state index is 0.0894. The first-order valence-corrected chi connectivity index (χ1v) is 29.9. The highest BCUT2D eigenvalue weighted by atomic mass is 16.4. The van der Waals surface area contributed by atoms with E-state index in [1.807, 2.05) is 0 Å². The summed E-state index contributed by atoms with van der Waals surface area (Å²) in [4.78, 5) is 210. The topological polar surface area (TPSA) is 628 Å². The number of carboxylic acid groups (broad SMARTS) is 2. The van der Waals surface area contributed by atoms with E-state index in [9.17, 15) is 102 Å². The van der Waals surface area contributed by atoms with Gasteiger partial charge in [0.2, 0.25) is 82.7 Å². The molecule has 1 saturated heterocycles. The van der Waals surface area contributed by atoms with Crippen molar-refractivity contribution in [3.05, 3.63) is 0 Å². The van der Waals surface area contributed by atoms with Gasteiger partial charge in [-0.15, -0.1) is 0 Å². The molecule has 15 atom stereocenters. The highest BCUT2D eigenvalue weighted by molar-refractivity contribution is 6.00. The van der Waals surface area contributed by atoms with Gasteiger partial charge in [-0.05, 0) is 63.7 Å². The number of aliphatic carboxylic acids is 2. The molecular weight excluding hydrogens is 1240 g/mol. The maximum atomic E-state index is 14.1. The predicted molar refractivity (Wildman–Crippen MR) is 320 cm³/mol. The molecule has 0 aromatic rings. The fourth-order valence-corrected chi connectivity index (χ4v) is 9.02. The lowest BCUT2D eigenvalue weighted by Crippen LogP contribution is -2.63. The number of nitrogens with one attached hydrogen (secondary N) is 11. The highest BCUT2D eigenvalue weighted by Gasteiger charge is 2.42. The standard InChI is InChI=1S/C55H93N15O23/c1-9-25(6)41(68-45(82)30(13-15-38(58)77)60-51(88)40(24(4)5)67-43(80)28(56)18-39(78)79)52(89)69-42(27(8)75)53(90)61-29(12-14-37(57)76)44(81)66-35(22-74)54(91)70-16-10-11-36(70)50(87)65-34(21-73)49(86)64-33(20-72)48(85)62-31(17-23(2)3)46(83)63-32(19-71)47(84)59-26(7)55(92)93/h23-36,40-42,71-75H,9-22,56H2,1-8H3,(H2,57,76)(H2,58,77)(H,59,84)(H,60,88)(H,61,90)(H,62,85)(H,63,83)(H,64,86)(H,65,87)(H,66,81)(H,67,80)(H,68,82)(H,69,89)(H,78,79)(H,92,93)/t25-,26-,27+,28-,29-,30-,31-,32-,33-,34-,35-,36-,40-,41-,42-/m0/s1. The van der Waals surface area contributed by atoms with E-state index in [-0.39, 0.29) is 38.1 Å². The van der Waals surface area contributed by atoms with Crippen molar-refractivity contribution in [2.75, 3.05) is 33.0 Å². The molecule has 93 heavy (non-hydrogen) atoms. The van der Waals surface area contributed by atoms with Gasteiger partial charge in [-0.2, -0.15) is 0 Å². The average molecular weight is 1330 g/mol. The molecule has 1 aliphatic heterocycles. The minimum Gasteiger partial charge on any atom is -0.481 e. The van der Waals surface area contributed by atoms with Crippen LogP contribution >= 0.6 is 0 Å². The number of rotatable bonds is 42. The average Bonchev–Trinajstić information content (AvgIpc) is 1.89. The van der Waals surface area contributed by atoms with Gasteiger partial charge >= 0.3 is 11.9 Å². The molecule has 0 radical (unpaired) electrons. The van der Waals surface area contributed by atoms with Gasteiger partial charge < -0.3 is 116 Å². The number of aliphatic hydroxyl groups excluding tert-OH is 5. The molecule has 0 aromatic heterocycles. The molecule has 0 unspecified atom stereocenters. The molecule has 1 aliphatic rings. The first kappa shape index (κ1) is 82.3. The molecular formula is C55H93N15O23. The number of primary amides is 2. The van der Waals surface area contributed by atoms with Crippen LogP contribution in [0.3, 0.4) is 0 Å². The Labute approximate surface area is 534 Å². The molecule has 0 spiro atoms. The minimum atomic E-state index is -1.96. The molecule has 0 aromatic carbocycles. The van der Waals surface area contributed by atoms with Crippen LogP contribution < -0.4 is 75.7 Å². The van der Waals surface area contributed by atoms with Crippen molar-refractivity contribution in [3.8, 4) is 0 Å². The van der Waals surface area contributed by atoms with Crippen LogP contribution in [0.15, 0.2) is 0 Å². The molecule has 0 saturated carbocycles. The van der Waals surface area contributed by atoms with Crippen LogP contribution in [0.5, 0.6) is 0 Å². The second-order valence-corrected chi connectivity index (χ2v) is 23.1. The van der Waals surface area contributed by atoms with E-state index in [1.54, 1.807) is 20.8 Å². The summed E-state index contributed by atoms with van der Waals surface area (Å²) in [6.07, 6.45) is -4.57. The van der Waals surface area contributed by atoms with E-state index in [0.29, 0.717) is 0 Å². The predicted octanol–water partition coefficient (Wildman–Crippen LogP) is -10.2. The summed E-state index contributed by atoms with van der Waals surface area (Å²) >= 11 is 0. The van der Waals surface area contributed by atoms with Crippen molar-refractivity contribution in [1.29, 1.82) is 0 Å². The molecule has 14 amide bonds. The van der Waals surface area contributed by atoms with Gasteiger partial charge in [0.25, 0.3) is 0 Å². The van der Waals surface area contributed by atoms with Crippen molar-refractivity contribution in [2.24, 2.45) is 35.0 Å². The van der Waals surface area contributed by atoms with Crippen LogP contribution in [-0.2, 0) is 76.7 Å². The number of likely N-dealkylation sites (tertiary alicyclic amines) is 1. The Morgan fingerprint density at radius 2 is 0.871 bits per heavy atom. The SMILES string of the molecule is CC[C@H](C)[C@H](NC(=O)[C@H](CCC(N)=O)NC(=O)[C@@H](NC(=O)[C@@H](N)CC(=O)O)C(C)C)C(=O)N[C@H](C(=O)N[C@@H](CCC(N)=O)C(=O)N[C@@H](CO)C(=O)N1CCC[C@H]1C(=O)N[C@@H](CO)C(=O)N[C@@H](CO)C(=O)N[C@@H](CC(C)C)C(=O)N[C@@H](CO)C(=O)N[C@@H](C)C(=O)O)[C@@H](C)O. The lowest BCUT2D eigenvalue weighted by atomic mass is 9.96. The van der Waals surface area contributed by atoms with Gasteiger partial charge in [0.1, 0.15) is 72.5 Å². The largest absolute Gasteiger partial charge is 0.481 e. The van der Waals surface area contributed by atoms with E-state index in [1.165, 1.54) is 20.8 Å². The third-order valence-corrected chi connectivity index (χ3v) is 14.6. The monoisotopic (exact) mass is 1330 g/mol. The zero-order valence-electron chi connectivity index (χ0n) is 53.1.